The largest absolute Gasteiger partial charge is 0.340 e. The normalized spacial score (nSPS) is 16.6. The number of hydrogen-bond acceptors (Lipinski definition) is 6. The highest BCUT2D eigenvalue weighted by Crippen LogP contribution is 2.48. The van der Waals surface area contributed by atoms with Crippen molar-refractivity contribution in [3.63, 3.8) is 0 Å². The summed E-state index contributed by atoms with van der Waals surface area (Å²) in [6, 6.07) is 16.2. The average Bonchev–Trinajstić information content (AvgIpc) is 3.30. The van der Waals surface area contributed by atoms with Crippen LogP contribution >= 0.6 is 7.60 Å². The van der Waals surface area contributed by atoms with Gasteiger partial charge in [-0.15, -0.1) is 0 Å². The maximum atomic E-state index is 13.8. The Hall–Kier alpha value is -2.51. The topological polar surface area (TPSA) is 79.4 Å². The van der Waals surface area contributed by atoms with E-state index in [1.165, 1.54) is 5.56 Å². The van der Waals surface area contributed by atoms with E-state index >= 15 is 0 Å². The first-order valence-corrected chi connectivity index (χ1v) is 14.9. The molecule has 1 saturated heterocycles. The lowest BCUT2D eigenvalue weighted by Gasteiger charge is -2.39. The lowest BCUT2D eigenvalue weighted by Crippen LogP contribution is -2.48. The fourth-order valence-corrected chi connectivity index (χ4v) is 6.87. The highest BCUT2D eigenvalue weighted by Gasteiger charge is 2.36. The van der Waals surface area contributed by atoms with Gasteiger partial charge in [0.1, 0.15) is 6.16 Å². The van der Waals surface area contributed by atoms with Crippen molar-refractivity contribution >= 4 is 30.8 Å². The smallest absolute Gasteiger partial charge is 0.312 e. The molecule has 0 N–H and O–H groups in total. The summed E-state index contributed by atoms with van der Waals surface area (Å²) >= 11 is 0. The molecule has 0 aliphatic carbocycles. The summed E-state index contributed by atoms with van der Waals surface area (Å²) in [5.74, 6) is -0.292. The van der Waals surface area contributed by atoms with Crippen LogP contribution in [0.1, 0.15) is 44.7 Å². The number of amides is 2. The van der Waals surface area contributed by atoms with E-state index in [0.29, 0.717) is 6.54 Å². The van der Waals surface area contributed by atoms with Crippen LogP contribution in [0, 0.1) is 0 Å². The van der Waals surface area contributed by atoms with Crippen molar-refractivity contribution in [3.8, 4) is 0 Å². The van der Waals surface area contributed by atoms with Crippen molar-refractivity contribution < 1.29 is 23.2 Å². The van der Waals surface area contributed by atoms with E-state index in [1.807, 2.05) is 24.3 Å². The second-order valence-corrected chi connectivity index (χ2v) is 11.6. The number of piperidine rings is 1. The lowest BCUT2D eigenvalue weighted by atomic mass is 10.0. The van der Waals surface area contributed by atoms with Crippen LogP contribution in [0.3, 0.4) is 0 Å². The van der Waals surface area contributed by atoms with Gasteiger partial charge in [-0.3, -0.25) is 19.1 Å². The van der Waals surface area contributed by atoms with Gasteiger partial charge in [0.2, 0.25) is 11.8 Å². The van der Waals surface area contributed by atoms with Gasteiger partial charge in [0.15, 0.2) is 0 Å². The van der Waals surface area contributed by atoms with Gasteiger partial charge in [-0.05, 0) is 56.4 Å². The van der Waals surface area contributed by atoms with Crippen molar-refractivity contribution in [2.24, 2.45) is 0 Å². The van der Waals surface area contributed by atoms with Gasteiger partial charge in [0, 0.05) is 50.5 Å². The third-order valence-corrected chi connectivity index (χ3v) is 9.00. The van der Waals surface area contributed by atoms with Crippen LogP contribution in [-0.4, -0.2) is 61.8 Å². The van der Waals surface area contributed by atoms with E-state index in [0.717, 1.165) is 55.8 Å². The number of benzene rings is 2. The maximum Gasteiger partial charge on any atom is 0.340 e. The van der Waals surface area contributed by atoms with Crippen LogP contribution in [0.25, 0.3) is 0 Å². The average molecular weight is 528 g/mol. The molecule has 2 aliphatic heterocycles. The quantitative estimate of drug-likeness (QED) is 0.411. The highest BCUT2D eigenvalue weighted by atomic mass is 31.2. The Morgan fingerprint density at radius 1 is 1.00 bits per heavy atom. The Morgan fingerprint density at radius 2 is 1.68 bits per heavy atom. The molecule has 2 heterocycles. The van der Waals surface area contributed by atoms with Crippen molar-refractivity contribution in [1.29, 1.82) is 0 Å². The van der Waals surface area contributed by atoms with Gasteiger partial charge in [0.05, 0.1) is 13.2 Å². The number of hydrogen-bond donors (Lipinski definition) is 0. The van der Waals surface area contributed by atoms with Gasteiger partial charge in [-0.25, -0.2) is 0 Å². The molecule has 0 saturated carbocycles. The SMILES string of the molecule is CCOP(=O)(CC(=O)N(c1ccc2c(c1)N(C(C)=O)CC2)C1CCN(Cc2ccccc2)CC1)OCC. The van der Waals surface area contributed by atoms with Crippen LogP contribution < -0.4 is 9.80 Å². The predicted octanol–water partition coefficient (Wildman–Crippen LogP) is 4.86. The van der Waals surface area contributed by atoms with Crippen LogP contribution in [0.15, 0.2) is 48.5 Å². The molecule has 2 aromatic carbocycles. The Kier molecular flexibility index (Phi) is 9.19. The summed E-state index contributed by atoms with van der Waals surface area (Å²) in [5, 5.41) is 0. The van der Waals surface area contributed by atoms with E-state index in [1.54, 1.807) is 30.6 Å². The lowest BCUT2D eigenvalue weighted by molar-refractivity contribution is -0.117. The summed E-state index contributed by atoms with van der Waals surface area (Å²) in [7, 11) is -3.57. The molecule has 0 atom stereocenters. The Labute approximate surface area is 220 Å². The fraction of sp³-hybridized carbons (Fsp3) is 0.500. The summed E-state index contributed by atoms with van der Waals surface area (Å²) in [4.78, 5) is 32.0. The molecule has 37 heavy (non-hydrogen) atoms. The van der Waals surface area contributed by atoms with Crippen molar-refractivity contribution in [2.75, 3.05) is 48.8 Å². The first kappa shape index (κ1) is 27.5. The van der Waals surface area contributed by atoms with Gasteiger partial charge in [-0.1, -0.05) is 36.4 Å². The second-order valence-electron chi connectivity index (χ2n) is 9.59. The number of carbonyl (C=O) groups excluding carboxylic acids is 2. The minimum atomic E-state index is -3.57. The summed E-state index contributed by atoms with van der Waals surface area (Å²) in [6.07, 6.45) is 2.07. The standard InChI is InChI=1S/C28H38N3O5P/c1-4-35-37(34,36-5-2)21-28(33)31(26-12-11-24-13-18-30(22(3)32)27(24)19-26)25-14-16-29(17-15-25)20-23-9-7-6-8-10-23/h6-12,19,25H,4-5,13-18,20-21H2,1-3H3. The molecule has 0 radical (unpaired) electrons. The monoisotopic (exact) mass is 527 g/mol. The zero-order chi connectivity index (χ0) is 26.4. The minimum Gasteiger partial charge on any atom is -0.312 e. The number of anilines is 2. The van der Waals surface area contributed by atoms with Crippen LogP contribution in [0.5, 0.6) is 0 Å². The predicted molar refractivity (Wildman–Crippen MR) is 146 cm³/mol. The number of rotatable bonds is 10. The molecular weight excluding hydrogens is 489 g/mol. The van der Waals surface area contributed by atoms with Crippen molar-refractivity contribution in [2.45, 2.75) is 52.6 Å². The van der Waals surface area contributed by atoms with Crippen LogP contribution in [0.4, 0.5) is 11.4 Å². The molecule has 2 aromatic rings. The minimum absolute atomic E-state index is 0.0137. The Bertz CT molecular complexity index is 1120. The second kappa shape index (κ2) is 12.4. The molecule has 8 nitrogen and oxygen atoms in total. The third-order valence-electron chi connectivity index (χ3n) is 7.04. The van der Waals surface area contributed by atoms with Crippen LogP contribution in [0.2, 0.25) is 0 Å². The van der Waals surface area contributed by atoms with Gasteiger partial charge >= 0.3 is 7.60 Å². The first-order valence-electron chi connectivity index (χ1n) is 13.2. The maximum absolute atomic E-state index is 13.8. The summed E-state index contributed by atoms with van der Waals surface area (Å²) in [5.41, 5.74) is 3.93. The Balaban J connectivity index is 1.58. The first-order chi connectivity index (χ1) is 17.8. The summed E-state index contributed by atoms with van der Waals surface area (Å²) in [6.45, 7) is 8.67. The number of likely N-dealkylation sites (tertiary alicyclic amines) is 1. The van der Waals surface area contributed by atoms with E-state index in [2.05, 4.69) is 29.2 Å². The molecule has 2 amide bonds. The molecule has 200 valence electrons. The molecule has 9 heteroatoms. The van der Waals surface area contributed by atoms with Crippen LogP contribution in [-0.2, 0) is 36.2 Å². The molecule has 0 aromatic heterocycles. The van der Waals surface area contributed by atoms with E-state index in [9.17, 15) is 14.2 Å². The van der Waals surface area contributed by atoms with Crippen molar-refractivity contribution in [3.05, 3.63) is 59.7 Å². The molecule has 1 fully saturated rings. The molecule has 4 rings (SSSR count). The highest BCUT2D eigenvalue weighted by molar-refractivity contribution is 7.54. The molecule has 2 aliphatic rings. The molecule has 0 bridgehead atoms. The summed E-state index contributed by atoms with van der Waals surface area (Å²) < 4.78 is 24.2. The van der Waals surface area contributed by atoms with Gasteiger partial charge in [-0.2, -0.15) is 0 Å². The van der Waals surface area contributed by atoms with E-state index < -0.39 is 7.60 Å². The molecular formula is C28H38N3O5P. The number of carbonyl (C=O) groups is 2. The van der Waals surface area contributed by atoms with Gasteiger partial charge in [0.25, 0.3) is 0 Å². The molecule has 0 spiro atoms. The van der Waals surface area contributed by atoms with E-state index in [-0.39, 0.29) is 37.2 Å². The third kappa shape index (κ3) is 6.68. The van der Waals surface area contributed by atoms with Gasteiger partial charge < -0.3 is 18.8 Å². The number of nitrogens with zero attached hydrogens (tertiary/aromatic N) is 3. The van der Waals surface area contributed by atoms with E-state index in [4.69, 9.17) is 9.05 Å². The zero-order valence-corrected chi connectivity index (χ0v) is 23.0. The Morgan fingerprint density at radius 3 is 2.30 bits per heavy atom. The molecule has 0 unspecified atom stereocenters. The zero-order valence-electron chi connectivity index (χ0n) is 22.1. The fourth-order valence-electron chi connectivity index (χ4n) is 5.34. The number of fused-ring (bicyclic) bond motifs is 1. The van der Waals surface area contributed by atoms with Crippen molar-refractivity contribution in [1.82, 2.24) is 4.90 Å².